The van der Waals surface area contributed by atoms with Crippen LogP contribution in [0.1, 0.15) is 12.0 Å². The van der Waals surface area contributed by atoms with Crippen LogP contribution >= 0.6 is 39.3 Å². The van der Waals surface area contributed by atoms with Gasteiger partial charge in [-0.05, 0) is 42.3 Å². The first-order valence-electron chi connectivity index (χ1n) is 7.24. The molecule has 0 fully saturated rings. The molecule has 0 saturated carbocycles. The Morgan fingerprint density at radius 1 is 1.00 bits per heavy atom. The number of hydrazine groups is 1. The van der Waals surface area contributed by atoms with E-state index in [1.54, 1.807) is 12.1 Å². The van der Waals surface area contributed by atoms with Crippen LogP contribution in [-0.4, -0.2) is 17.6 Å². The van der Waals surface area contributed by atoms with Crippen LogP contribution in [0, 0.1) is 0 Å². The van der Waals surface area contributed by atoms with Gasteiger partial charge in [0.2, 0.25) is 11.8 Å². The molecule has 7 heteroatoms. The van der Waals surface area contributed by atoms with Crippen molar-refractivity contribution in [3.05, 3.63) is 63.6 Å². The van der Waals surface area contributed by atoms with Crippen LogP contribution in [0.4, 0.5) is 0 Å². The Kier molecular flexibility index (Phi) is 7.62. The number of carbonyl (C=O) groups is 2. The summed E-state index contributed by atoms with van der Waals surface area (Å²) in [4.78, 5) is 24.5. The average molecular weight is 428 g/mol. The fourth-order valence-corrected chi connectivity index (χ4v) is 3.17. The van der Waals surface area contributed by atoms with Crippen molar-refractivity contribution in [3.63, 3.8) is 0 Å². The van der Waals surface area contributed by atoms with Crippen molar-refractivity contribution < 1.29 is 9.59 Å². The number of halogens is 2. The van der Waals surface area contributed by atoms with E-state index in [9.17, 15) is 9.59 Å². The molecule has 0 aliphatic carbocycles. The molecule has 0 spiro atoms. The monoisotopic (exact) mass is 426 g/mol. The van der Waals surface area contributed by atoms with E-state index in [0.29, 0.717) is 17.9 Å². The highest BCUT2D eigenvalue weighted by molar-refractivity contribution is 9.10. The van der Waals surface area contributed by atoms with Crippen molar-refractivity contribution in [3.8, 4) is 0 Å². The van der Waals surface area contributed by atoms with Crippen LogP contribution in [0.15, 0.2) is 57.9 Å². The molecule has 0 aliphatic rings. The summed E-state index contributed by atoms with van der Waals surface area (Å²) in [5.74, 6) is -0.272. The highest BCUT2D eigenvalue weighted by Crippen LogP contribution is 2.20. The van der Waals surface area contributed by atoms with E-state index in [2.05, 4.69) is 26.8 Å². The molecular formula is C17H16BrClN2O2S. The number of benzene rings is 2. The Hall–Kier alpha value is -1.50. The zero-order valence-corrected chi connectivity index (χ0v) is 15.9. The standard InChI is InChI=1S/C17H16BrClN2O2S/c18-15-4-2-1-3-12(15)5-10-16(22)20-21-17(23)11-24-14-8-6-13(19)7-9-14/h1-4,6-9H,5,10-11H2,(H,20,22)(H,21,23). The number of rotatable bonds is 6. The van der Waals surface area contributed by atoms with E-state index in [0.717, 1.165) is 14.9 Å². The van der Waals surface area contributed by atoms with Gasteiger partial charge in [0.15, 0.2) is 0 Å². The maximum Gasteiger partial charge on any atom is 0.248 e. The molecule has 2 aromatic carbocycles. The van der Waals surface area contributed by atoms with Crippen LogP contribution in [0.5, 0.6) is 0 Å². The average Bonchev–Trinajstić information content (AvgIpc) is 2.58. The van der Waals surface area contributed by atoms with Crippen LogP contribution in [-0.2, 0) is 16.0 Å². The summed E-state index contributed by atoms with van der Waals surface area (Å²) >= 11 is 10.6. The van der Waals surface area contributed by atoms with Crippen molar-refractivity contribution in [2.45, 2.75) is 17.7 Å². The van der Waals surface area contributed by atoms with Gasteiger partial charge in [-0.1, -0.05) is 45.7 Å². The van der Waals surface area contributed by atoms with Crippen molar-refractivity contribution >= 4 is 51.1 Å². The number of aryl methyl sites for hydroxylation is 1. The summed E-state index contributed by atoms with van der Waals surface area (Å²) in [6.45, 7) is 0. The zero-order chi connectivity index (χ0) is 17.4. The van der Waals surface area contributed by atoms with Gasteiger partial charge in [0, 0.05) is 20.8 Å². The molecule has 24 heavy (non-hydrogen) atoms. The normalized spacial score (nSPS) is 10.2. The van der Waals surface area contributed by atoms with Gasteiger partial charge in [-0.25, -0.2) is 0 Å². The van der Waals surface area contributed by atoms with Crippen molar-refractivity contribution in [2.24, 2.45) is 0 Å². The third-order valence-corrected chi connectivity index (χ3v) is 5.14. The first-order chi connectivity index (χ1) is 11.5. The third-order valence-electron chi connectivity index (χ3n) is 3.10. The Labute approximate surface area is 158 Å². The summed E-state index contributed by atoms with van der Waals surface area (Å²) < 4.78 is 0.973. The van der Waals surface area contributed by atoms with E-state index < -0.39 is 0 Å². The fraction of sp³-hybridized carbons (Fsp3) is 0.176. The number of hydrogen-bond acceptors (Lipinski definition) is 3. The van der Waals surface area contributed by atoms with Crippen molar-refractivity contribution in [1.29, 1.82) is 0 Å². The molecule has 0 aliphatic heterocycles. The minimum atomic E-state index is -0.260. The molecule has 0 bridgehead atoms. The molecule has 2 N–H and O–H groups in total. The SMILES string of the molecule is O=C(CCc1ccccc1Br)NNC(=O)CSc1ccc(Cl)cc1. The minimum Gasteiger partial charge on any atom is -0.273 e. The van der Waals surface area contributed by atoms with Gasteiger partial charge in [0.25, 0.3) is 0 Å². The maximum absolute atomic E-state index is 11.8. The molecule has 2 amide bonds. The Morgan fingerprint density at radius 3 is 2.38 bits per heavy atom. The summed E-state index contributed by atoms with van der Waals surface area (Å²) in [6.07, 6.45) is 0.899. The lowest BCUT2D eigenvalue weighted by Crippen LogP contribution is -2.42. The summed E-state index contributed by atoms with van der Waals surface area (Å²) in [5.41, 5.74) is 5.90. The van der Waals surface area contributed by atoms with Crippen LogP contribution < -0.4 is 10.9 Å². The molecule has 2 aromatic rings. The van der Waals surface area contributed by atoms with Crippen molar-refractivity contribution in [1.82, 2.24) is 10.9 Å². The van der Waals surface area contributed by atoms with Gasteiger partial charge in [-0.2, -0.15) is 0 Å². The number of carbonyl (C=O) groups excluding carboxylic acids is 2. The molecule has 126 valence electrons. The lowest BCUT2D eigenvalue weighted by molar-refractivity contribution is -0.127. The second-order valence-corrected chi connectivity index (χ2v) is 7.27. The quantitative estimate of drug-likeness (QED) is 0.542. The molecule has 4 nitrogen and oxygen atoms in total. The predicted octanol–water partition coefficient (Wildman–Crippen LogP) is 3.97. The van der Waals surface area contributed by atoms with E-state index in [-0.39, 0.29) is 17.6 Å². The van der Waals surface area contributed by atoms with E-state index in [1.807, 2.05) is 36.4 Å². The van der Waals surface area contributed by atoms with Gasteiger partial charge in [0.05, 0.1) is 5.75 Å². The highest BCUT2D eigenvalue weighted by atomic mass is 79.9. The van der Waals surface area contributed by atoms with E-state index >= 15 is 0 Å². The molecule has 0 unspecified atom stereocenters. The van der Waals surface area contributed by atoms with Crippen LogP contribution in [0.2, 0.25) is 5.02 Å². The van der Waals surface area contributed by atoms with Crippen LogP contribution in [0.3, 0.4) is 0 Å². The number of thioether (sulfide) groups is 1. The van der Waals surface area contributed by atoms with Crippen LogP contribution in [0.25, 0.3) is 0 Å². The summed E-state index contributed by atoms with van der Waals surface area (Å²) in [7, 11) is 0. The molecule has 0 saturated heterocycles. The molecule has 0 atom stereocenters. The Balaban J connectivity index is 1.66. The summed E-state index contributed by atoms with van der Waals surface area (Å²) in [5, 5.41) is 0.654. The van der Waals surface area contributed by atoms with E-state index in [4.69, 9.17) is 11.6 Å². The smallest absolute Gasteiger partial charge is 0.248 e. The Bertz CT molecular complexity index is 710. The fourth-order valence-electron chi connectivity index (χ4n) is 1.87. The predicted molar refractivity (Wildman–Crippen MR) is 101 cm³/mol. The number of amides is 2. The molecule has 2 rings (SSSR count). The van der Waals surface area contributed by atoms with Gasteiger partial charge < -0.3 is 0 Å². The molecule has 0 radical (unpaired) electrons. The van der Waals surface area contributed by atoms with Gasteiger partial charge in [-0.3, -0.25) is 20.4 Å². The lowest BCUT2D eigenvalue weighted by atomic mass is 10.1. The Morgan fingerprint density at radius 2 is 1.67 bits per heavy atom. The molecule has 0 heterocycles. The molecular weight excluding hydrogens is 412 g/mol. The first kappa shape index (κ1) is 18.8. The maximum atomic E-state index is 11.8. The van der Waals surface area contributed by atoms with E-state index in [1.165, 1.54) is 11.8 Å². The minimum absolute atomic E-state index is 0.214. The summed E-state index contributed by atoms with van der Waals surface area (Å²) in [6, 6.07) is 15.0. The lowest BCUT2D eigenvalue weighted by Gasteiger charge is -2.08. The largest absolute Gasteiger partial charge is 0.273 e. The van der Waals surface area contributed by atoms with Gasteiger partial charge in [0.1, 0.15) is 0 Å². The van der Waals surface area contributed by atoms with Gasteiger partial charge >= 0.3 is 0 Å². The highest BCUT2D eigenvalue weighted by Gasteiger charge is 2.07. The number of nitrogens with one attached hydrogen (secondary N) is 2. The van der Waals surface area contributed by atoms with Gasteiger partial charge in [-0.15, -0.1) is 11.8 Å². The zero-order valence-electron chi connectivity index (χ0n) is 12.7. The first-order valence-corrected chi connectivity index (χ1v) is 9.39. The molecule has 0 aromatic heterocycles. The second-order valence-electron chi connectivity index (χ2n) is 4.93. The topological polar surface area (TPSA) is 58.2 Å². The van der Waals surface area contributed by atoms with Crippen molar-refractivity contribution in [2.75, 3.05) is 5.75 Å². The second kappa shape index (κ2) is 9.71. The third kappa shape index (κ3) is 6.55. The number of hydrogen-bond donors (Lipinski definition) is 2.